The molecule has 7 heteroatoms. The van der Waals surface area contributed by atoms with E-state index in [1.807, 2.05) is 36.0 Å². The SMILES string of the molecule is CC[C@H](C)N(CCNC(=O)c1nn(C)c2c1CSc1ccccc1-2)Cc1ccco1. The minimum absolute atomic E-state index is 0.103. The van der Waals surface area contributed by atoms with Gasteiger partial charge in [0.15, 0.2) is 5.69 Å². The maximum Gasteiger partial charge on any atom is 0.272 e. The first-order valence-electron chi connectivity index (χ1n) is 10.4. The van der Waals surface area contributed by atoms with Crippen molar-refractivity contribution in [3.8, 4) is 11.3 Å². The number of hydrogen-bond acceptors (Lipinski definition) is 5. The lowest BCUT2D eigenvalue weighted by molar-refractivity contribution is 0.0935. The summed E-state index contributed by atoms with van der Waals surface area (Å²) in [6.45, 7) is 6.44. The van der Waals surface area contributed by atoms with Crippen LogP contribution in [0.1, 0.15) is 42.1 Å². The van der Waals surface area contributed by atoms with Crippen molar-refractivity contribution >= 4 is 17.7 Å². The summed E-state index contributed by atoms with van der Waals surface area (Å²) in [5.74, 6) is 1.60. The van der Waals surface area contributed by atoms with Crippen LogP contribution in [0.15, 0.2) is 52.0 Å². The highest BCUT2D eigenvalue weighted by molar-refractivity contribution is 7.98. The third-order valence-corrected chi connectivity index (χ3v) is 6.81. The summed E-state index contributed by atoms with van der Waals surface area (Å²) in [6.07, 6.45) is 2.74. The molecule has 0 spiro atoms. The van der Waals surface area contributed by atoms with Gasteiger partial charge in [0.2, 0.25) is 0 Å². The molecule has 3 heterocycles. The van der Waals surface area contributed by atoms with Gasteiger partial charge in [-0.1, -0.05) is 25.1 Å². The third-order valence-electron chi connectivity index (χ3n) is 5.71. The Kier molecular flexibility index (Phi) is 6.29. The highest BCUT2D eigenvalue weighted by atomic mass is 32.2. The molecule has 0 aliphatic carbocycles. The summed E-state index contributed by atoms with van der Waals surface area (Å²) in [7, 11) is 1.91. The maximum atomic E-state index is 12.9. The number of aryl methyl sites for hydroxylation is 1. The van der Waals surface area contributed by atoms with E-state index in [-0.39, 0.29) is 5.91 Å². The zero-order chi connectivity index (χ0) is 21.1. The standard InChI is InChI=1S/C23H28N4O2S/c1-4-16(2)27(14-17-8-7-13-29-17)12-11-24-23(28)21-19-15-30-20-10-6-5-9-18(20)22(19)26(3)25-21/h5-10,13,16H,4,11-12,14-15H2,1-3H3,(H,24,28)/t16-/m0/s1. The number of carbonyl (C=O) groups is 1. The molecule has 0 saturated heterocycles. The number of nitrogens with one attached hydrogen (secondary N) is 1. The molecule has 2 aromatic heterocycles. The van der Waals surface area contributed by atoms with E-state index in [9.17, 15) is 4.79 Å². The summed E-state index contributed by atoms with van der Waals surface area (Å²) in [6, 6.07) is 12.6. The average Bonchev–Trinajstić information content (AvgIpc) is 3.40. The number of aromatic nitrogens is 2. The summed E-state index contributed by atoms with van der Waals surface area (Å²) >= 11 is 1.76. The zero-order valence-corrected chi connectivity index (χ0v) is 18.5. The highest BCUT2D eigenvalue weighted by Crippen LogP contribution is 2.42. The van der Waals surface area contributed by atoms with Gasteiger partial charge in [-0.15, -0.1) is 11.8 Å². The van der Waals surface area contributed by atoms with Gasteiger partial charge in [0.1, 0.15) is 5.76 Å². The average molecular weight is 425 g/mol. The molecule has 1 aliphatic rings. The fraction of sp³-hybridized carbons (Fsp3) is 0.391. The van der Waals surface area contributed by atoms with Crippen LogP contribution >= 0.6 is 11.8 Å². The second kappa shape index (κ2) is 9.10. The Labute approximate surface area is 181 Å². The Bertz CT molecular complexity index is 1010. The van der Waals surface area contributed by atoms with E-state index in [0.29, 0.717) is 18.3 Å². The molecule has 1 N–H and O–H groups in total. The highest BCUT2D eigenvalue weighted by Gasteiger charge is 2.27. The van der Waals surface area contributed by atoms with Crippen LogP contribution in [0, 0.1) is 0 Å². The fourth-order valence-electron chi connectivity index (χ4n) is 3.87. The Morgan fingerprint density at radius 2 is 2.17 bits per heavy atom. The van der Waals surface area contributed by atoms with Crippen LogP contribution in [-0.2, 0) is 19.3 Å². The van der Waals surface area contributed by atoms with Crippen molar-refractivity contribution in [2.24, 2.45) is 7.05 Å². The van der Waals surface area contributed by atoms with E-state index in [1.165, 1.54) is 4.90 Å². The van der Waals surface area contributed by atoms with Crippen molar-refractivity contribution < 1.29 is 9.21 Å². The molecule has 1 aliphatic heterocycles. The van der Waals surface area contributed by atoms with Crippen LogP contribution in [0.5, 0.6) is 0 Å². The van der Waals surface area contributed by atoms with Crippen LogP contribution in [0.2, 0.25) is 0 Å². The summed E-state index contributed by atoms with van der Waals surface area (Å²) in [5.41, 5.74) is 3.76. The Hall–Kier alpha value is -2.51. The maximum absolute atomic E-state index is 12.9. The van der Waals surface area contributed by atoms with Gasteiger partial charge in [0.05, 0.1) is 18.5 Å². The first kappa shape index (κ1) is 20.8. The van der Waals surface area contributed by atoms with Gasteiger partial charge >= 0.3 is 0 Å². The van der Waals surface area contributed by atoms with Gasteiger partial charge in [-0.05, 0) is 31.5 Å². The lowest BCUT2D eigenvalue weighted by Gasteiger charge is -2.27. The van der Waals surface area contributed by atoms with Crippen LogP contribution < -0.4 is 5.32 Å². The summed E-state index contributed by atoms with van der Waals surface area (Å²) < 4.78 is 7.34. The smallest absolute Gasteiger partial charge is 0.272 e. The van der Waals surface area contributed by atoms with Crippen molar-refractivity contribution in [2.45, 2.75) is 43.5 Å². The van der Waals surface area contributed by atoms with Crippen LogP contribution in [0.3, 0.4) is 0 Å². The van der Waals surface area contributed by atoms with Gasteiger partial charge in [-0.25, -0.2) is 0 Å². The molecule has 3 aromatic rings. The fourth-order valence-corrected chi connectivity index (χ4v) is 4.94. The predicted molar refractivity (Wildman–Crippen MR) is 119 cm³/mol. The first-order chi connectivity index (χ1) is 14.6. The summed E-state index contributed by atoms with van der Waals surface area (Å²) in [5, 5.41) is 7.64. The molecule has 0 unspecified atom stereocenters. The first-order valence-corrected chi connectivity index (χ1v) is 11.4. The molecule has 1 atom stereocenters. The second-order valence-electron chi connectivity index (χ2n) is 7.65. The number of carbonyl (C=O) groups excluding carboxylic acids is 1. The van der Waals surface area contributed by atoms with E-state index in [0.717, 1.165) is 47.8 Å². The lowest BCUT2D eigenvalue weighted by atomic mass is 10.1. The molecule has 30 heavy (non-hydrogen) atoms. The molecule has 0 radical (unpaired) electrons. The Morgan fingerprint density at radius 3 is 2.93 bits per heavy atom. The van der Waals surface area contributed by atoms with E-state index < -0.39 is 0 Å². The molecular formula is C23H28N4O2S. The topological polar surface area (TPSA) is 63.3 Å². The Morgan fingerprint density at radius 1 is 1.33 bits per heavy atom. The number of rotatable bonds is 8. The molecule has 4 rings (SSSR count). The molecule has 0 bridgehead atoms. The van der Waals surface area contributed by atoms with Gasteiger partial charge in [0.25, 0.3) is 5.91 Å². The number of fused-ring (bicyclic) bond motifs is 3. The number of nitrogens with zero attached hydrogens (tertiary/aromatic N) is 3. The van der Waals surface area contributed by atoms with Crippen molar-refractivity contribution in [1.82, 2.24) is 20.0 Å². The van der Waals surface area contributed by atoms with Crippen molar-refractivity contribution in [1.29, 1.82) is 0 Å². The van der Waals surface area contributed by atoms with Crippen molar-refractivity contribution in [3.05, 3.63) is 59.7 Å². The van der Waals surface area contributed by atoms with Gasteiger partial charge < -0.3 is 9.73 Å². The molecule has 1 amide bonds. The minimum Gasteiger partial charge on any atom is -0.468 e. The second-order valence-corrected chi connectivity index (χ2v) is 8.66. The van der Waals surface area contributed by atoms with Gasteiger partial charge in [0, 0.05) is 48.0 Å². The molecule has 6 nitrogen and oxygen atoms in total. The van der Waals surface area contributed by atoms with Crippen molar-refractivity contribution in [2.75, 3.05) is 13.1 Å². The van der Waals surface area contributed by atoms with Crippen molar-refractivity contribution in [3.63, 3.8) is 0 Å². The monoisotopic (exact) mass is 424 g/mol. The number of furan rings is 1. The largest absolute Gasteiger partial charge is 0.468 e. The number of hydrogen-bond donors (Lipinski definition) is 1. The quantitative estimate of drug-likeness (QED) is 0.584. The van der Waals surface area contributed by atoms with Crippen LogP contribution in [0.25, 0.3) is 11.3 Å². The lowest BCUT2D eigenvalue weighted by Crippen LogP contribution is -2.39. The number of benzene rings is 1. The third kappa shape index (κ3) is 4.18. The van der Waals surface area contributed by atoms with E-state index in [4.69, 9.17) is 4.42 Å². The van der Waals surface area contributed by atoms with Crippen LogP contribution in [-0.4, -0.2) is 39.7 Å². The van der Waals surface area contributed by atoms with Gasteiger partial charge in [-0.2, -0.15) is 5.10 Å². The predicted octanol–water partition coefficient (Wildman–Crippen LogP) is 4.32. The molecule has 0 fully saturated rings. The molecule has 0 saturated carbocycles. The molecule has 158 valence electrons. The van der Waals surface area contributed by atoms with E-state index >= 15 is 0 Å². The Balaban J connectivity index is 1.44. The molecule has 1 aromatic carbocycles. The normalized spacial score (nSPS) is 13.7. The van der Waals surface area contributed by atoms with Gasteiger partial charge in [-0.3, -0.25) is 14.4 Å². The number of amides is 1. The number of thioether (sulfide) groups is 1. The van der Waals surface area contributed by atoms with Crippen LogP contribution in [0.4, 0.5) is 0 Å². The zero-order valence-electron chi connectivity index (χ0n) is 17.7. The van der Waals surface area contributed by atoms with E-state index in [2.05, 4.69) is 41.3 Å². The summed E-state index contributed by atoms with van der Waals surface area (Å²) in [4.78, 5) is 16.5. The minimum atomic E-state index is -0.103. The molecular weight excluding hydrogens is 396 g/mol. The van der Waals surface area contributed by atoms with E-state index in [1.54, 1.807) is 18.0 Å².